The molecule has 1 aromatic rings. The largest absolute Gasteiger partial charge is 0.420 e. The van der Waals surface area contributed by atoms with E-state index >= 15 is 0 Å². The molecular weight excluding hydrogens is 219 g/mol. The Balaban J connectivity index is 3.03. The summed E-state index contributed by atoms with van der Waals surface area (Å²) < 4.78 is 61.9. The summed E-state index contributed by atoms with van der Waals surface area (Å²) in [6.07, 6.45) is -9.04. The standard InChI is InChI=1S/C9H7F5O/c10-8(11,7(15)9(12,13)14)6-4-2-1-3-5-6/h1-5,7,15H. The van der Waals surface area contributed by atoms with Crippen molar-refractivity contribution in [2.45, 2.75) is 18.2 Å². The average Bonchev–Trinajstić information content (AvgIpc) is 2.16. The number of benzene rings is 1. The second-order valence-electron chi connectivity index (χ2n) is 2.93. The molecule has 15 heavy (non-hydrogen) atoms. The van der Waals surface area contributed by atoms with Gasteiger partial charge in [0.15, 0.2) is 0 Å². The molecule has 0 heterocycles. The minimum atomic E-state index is -5.35. The number of aliphatic hydroxyl groups is 1. The molecule has 1 nitrogen and oxygen atoms in total. The van der Waals surface area contributed by atoms with Crippen LogP contribution in [0.5, 0.6) is 0 Å². The van der Waals surface area contributed by atoms with E-state index < -0.39 is 23.8 Å². The summed E-state index contributed by atoms with van der Waals surface area (Å²) >= 11 is 0. The number of halogens is 5. The molecule has 0 spiro atoms. The minimum Gasteiger partial charge on any atom is -0.379 e. The molecular formula is C9H7F5O. The number of alkyl halides is 5. The van der Waals surface area contributed by atoms with Crippen molar-refractivity contribution in [2.24, 2.45) is 0 Å². The third-order valence-electron chi connectivity index (χ3n) is 1.81. The van der Waals surface area contributed by atoms with Crippen LogP contribution in [0.3, 0.4) is 0 Å². The van der Waals surface area contributed by atoms with Gasteiger partial charge in [-0.3, -0.25) is 0 Å². The van der Waals surface area contributed by atoms with E-state index in [2.05, 4.69) is 0 Å². The molecule has 1 rings (SSSR count). The molecule has 0 saturated heterocycles. The Kier molecular flexibility index (Phi) is 2.99. The van der Waals surface area contributed by atoms with Gasteiger partial charge in [0.1, 0.15) is 0 Å². The third kappa shape index (κ3) is 2.44. The van der Waals surface area contributed by atoms with Crippen LogP contribution in [0.4, 0.5) is 22.0 Å². The van der Waals surface area contributed by atoms with Gasteiger partial charge in [0.2, 0.25) is 6.10 Å². The second kappa shape index (κ2) is 3.77. The lowest BCUT2D eigenvalue weighted by molar-refractivity contribution is -0.273. The summed E-state index contributed by atoms with van der Waals surface area (Å²) in [5.41, 5.74) is -0.866. The van der Waals surface area contributed by atoms with Gasteiger partial charge in [-0.05, 0) is 0 Å². The topological polar surface area (TPSA) is 20.2 Å². The monoisotopic (exact) mass is 226 g/mol. The lowest BCUT2D eigenvalue weighted by Gasteiger charge is -2.24. The molecule has 1 atom stereocenters. The Hall–Kier alpha value is -1.17. The van der Waals surface area contributed by atoms with Gasteiger partial charge in [-0.15, -0.1) is 0 Å². The molecule has 1 N–H and O–H groups in total. The van der Waals surface area contributed by atoms with Gasteiger partial charge in [-0.2, -0.15) is 22.0 Å². The summed E-state index contributed by atoms with van der Waals surface area (Å²) in [6, 6.07) is 5.39. The van der Waals surface area contributed by atoms with Gasteiger partial charge >= 0.3 is 12.1 Å². The van der Waals surface area contributed by atoms with Crippen LogP contribution < -0.4 is 0 Å². The molecule has 0 saturated carbocycles. The fourth-order valence-corrected chi connectivity index (χ4v) is 1.02. The van der Waals surface area contributed by atoms with Crippen molar-refractivity contribution in [3.05, 3.63) is 35.9 Å². The van der Waals surface area contributed by atoms with Crippen LogP contribution in [0, 0.1) is 0 Å². The number of hydrogen-bond donors (Lipinski definition) is 1. The molecule has 1 unspecified atom stereocenters. The SMILES string of the molecule is OC(C(F)(F)F)C(F)(F)c1ccccc1. The Morgan fingerprint density at radius 3 is 1.80 bits per heavy atom. The van der Waals surface area contributed by atoms with Crippen LogP contribution in [0.1, 0.15) is 5.56 Å². The van der Waals surface area contributed by atoms with Gasteiger partial charge in [-0.25, -0.2) is 0 Å². The van der Waals surface area contributed by atoms with Gasteiger partial charge < -0.3 is 5.11 Å². The zero-order valence-corrected chi connectivity index (χ0v) is 7.30. The van der Waals surface area contributed by atoms with Gasteiger partial charge in [0, 0.05) is 5.56 Å². The van der Waals surface area contributed by atoms with Gasteiger partial charge in [0.05, 0.1) is 0 Å². The molecule has 6 heteroatoms. The molecule has 1 aromatic carbocycles. The maximum absolute atomic E-state index is 13.1. The molecule has 0 aliphatic rings. The second-order valence-corrected chi connectivity index (χ2v) is 2.93. The van der Waals surface area contributed by atoms with Crippen LogP contribution in [-0.2, 0) is 5.92 Å². The first-order valence-electron chi connectivity index (χ1n) is 3.94. The first-order valence-corrected chi connectivity index (χ1v) is 3.94. The molecule has 0 bridgehead atoms. The van der Waals surface area contributed by atoms with Crippen molar-refractivity contribution >= 4 is 0 Å². The minimum absolute atomic E-state index is 0.828. The molecule has 84 valence electrons. The van der Waals surface area contributed by atoms with Crippen molar-refractivity contribution < 1.29 is 27.1 Å². The van der Waals surface area contributed by atoms with Crippen molar-refractivity contribution in [1.29, 1.82) is 0 Å². The first kappa shape index (κ1) is 11.9. The molecule has 0 amide bonds. The van der Waals surface area contributed by atoms with Crippen molar-refractivity contribution in [2.75, 3.05) is 0 Å². The zero-order valence-electron chi connectivity index (χ0n) is 7.30. The molecule has 0 radical (unpaired) electrons. The van der Waals surface area contributed by atoms with Crippen molar-refractivity contribution in [1.82, 2.24) is 0 Å². The highest BCUT2D eigenvalue weighted by molar-refractivity contribution is 5.21. The smallest absolute Gasteiger partial charge is 0.379 e. The Bertz CT molecular complexity index is 319. The quantitative estimate of drug-likeness (QED) is 0.768. The van der Waals surface area contributed by atoms with Crippen LogP contribution >= 0.6 is 0 Å². The van der Waals surface area contributed by atoms with Crippen LogP contribution in [-0.4, -0.2) is 17.4 Å². The molecule has 0 aliphatic carbocycles. The lowest BCUT2D eigenvalue weighted by atomic mass is 10.0. The summed E-state index contributed by atoms with van der Waals surface area (Å²) in [4.78, 5) is 0. The highest BCUT2D eigenvalue weighted by Gasteiger charge is 2.55. The van der Waals surface area contributed by atoms with E-state index in [1.807, 2.05) is 0 Å². The number of hydrogen-bond acceptors (Lipinski definition) is 1. The van der Waals surface area contributed by atoms with E-state index in [0.29, 0.717) is 0 Å². The average molecular weight is 226 g/mol. The van der Waals surface area contributed by atoms with Crippen LogP contribution in [0.25, 0.3) is 0 Å². The predicted octanol–water partition coefficient (Wildman–Crippen LogP) is 2.70. The Morgan fingerprint density at radius 1 is 0.933 bits per heavy atom. The van der Waals surface area contributed by atoms with E-state index in [1.165, 1.54) is 18.2 Å². The van der Waals surface area contributed by atoms with Crippen LogP contribution in [0.2, 0.25) is 0 Å². The highest BCUT2D eigenvalue weighted by Crippen LogP contribution is 2.39. The summed E-state index contributed by atoms with van der Waals surface area (Å²) in [7, 11) is 0. The normalized spacial score (nSPS) is 15.1. The molecule has 0 aliphatic heterocycles. The summed E-state index contributed by atoms with van der Waals surface area (Å²) in [6.45, 7) is 0. The Labute approximate surface area is 82.1 Å². The number of aliphatic hydroxyl groups excluding tert-OH is 1. The fourth-order valence-electron chi connectivity index (χ4n) is 1.02. The number of rotatable bonds is 2. The molecule has 0 fully saturated rings. The van der Waals surface area contributed by atoms with E-state index in [9.17, 15) is 22.0 Å². The fraction of sp³-hybridized carbons (Fsp3) is 0.333. The maximum atomic E-state index is 13.1. The molecule has 0 aromatic heterocycles. The maximum Gasteiger partial charge on any atom is 0.420 e. The predicted molar refractivity (Wildman–Crippen MR) is 42.4 cm³/mol. The third-order valence-corrected chi connectivity index (χ3v) is 1.81. The lowest BCUT2D eigenvalue weighted by Crippen LogP contribution is -2.42. The van der Waals surface area contributed by atoms with Gasteiger partial charge in [0.25, 0.3) is 0 Å². The highest BCUT2D eigenvalue weighted by atomic mass is 19.4. The van der Waals surface area contributed by atoms with Gasteiger partial charge in [-0.1, -0.05) is 30.3 Å². The zero-order chi connectivity index (χ0) is 11.7. The van der Waals surface area contributed by atoms with E-state index in [-0.39, 0.29) is 0 Å². The van der Waals surface area contributed by atoms with E-state index in [1.54, 1.807) is 0 Å². The van der Waals surface area contributed by atoms with Crippen molar-refractivity contribution in [3.8, 4) is 0 Å². The summed E-state index contributed by atoms with van der Waals surface area (Å²) in [5.74, 6) is -4.33. The van der Waals surface area contributed by atoms with Crippen LogP contribution in [0.15, 0.2) is 30.3 Å². The van der Waals surface area contributed by atoms with E-state index in [0.717, 1.165) is 12.1 Å². The Morgan fingerprint density at radius 2 is 1.40 bits per heavy atom. The summed E-state index contributed by atoms with van der Waals surface area (Å²) in [5, 5.41) is 8.49. The van der Waals surface area contributed by atoms with Crippen molar-refractivity contribution in [3.63, 3.8) is 0 Å². The first-order chi connectivity index (χ1) is 6.76. The van der Waals surface area contributed by atoms with E-state index in [4.69, 9.17) is 5.11 Å².